The summed E-state index contributed by atoms with van der Waals surface area (Å²) < 4.78 is 0. The lowest BCUT2D eigenvalue weighted by molar-refractivity contribution is -0.137. The number of carbonyl (C=O) groups is 1. The molecule has 1 aromatic carbocycles. The van der Waals surface area contributed by atoms with Crippen LogP contribution in [-0.2, 0) is 11.2 Å². The van der Waals surface area contributed by atoms with Gasteiger partial charge in [-0.25, -0.2) is 0 Å². The Kier molecular flexibility index (Phi) is 4.88. The lowest BCUT2D eigenvalue weighted by Crippen LogP contribution is -1.94. The van der Waals surface area contributed by atoms with Crippen molar-refractivity contribution < 1.29 is 9.90 Å². The molecule has 1 aromatic rings. The minimum Gasteiger partial charge on any atom is -0.481 e. The van der Waals surface area contributed by atoms with Gasteiger partial charge in [-0.15, -0.1) is 0 Å². The molecular weight excluding hydrogens is 188 g/mol. The van der Waals surface area contributed by atoms with Crippen LogP contribution in [0.1, 0.15) is 36.8 Å². The highest BCUT2D eigenvalue weighted by Crippen LogP contribution is 2.09. The van der Waals surface area contributed by atoms with Crippen molar-refractivity contribution in [2.24, 2.45) is 0 Å². The van der Waals surface area contributed by atoms with Gasteiger partial charge in [0.25, 0.3) is 0 Å². The minimum atomic E-state index is -0.690. The second-order valence-electron chi connectivity index (χ2n) is 3.94. The molecule has 0 aliphatic carbocycles. The van der Waals surface area contributed by atoms with Crippen LogP contribution in [0, 0.1) is 6.92 Å². The molecule has 0 unspecified atom stereocenters. The summed E-state index contributed by atoms with van der Waals surface area (Å²) in [4.78, 5) is 10.3. The smallest absolute Gasteiger partial charge is 0.303 e. The number of hydrogen-bond donors (Lipinski definition) is 1. The molecule has 0 fully saturated rings. The molecule has 1 rings (SSSR count). The van der Waals surface area contributed by atoms with Crippen molar-refractivity contribution in [3.63, 3.8) is 0 Å². The van der Waals surface area contributed by atoms with Gasteiger partial charge in [0.15, 0.2) is 0 Å². The quantitative estimate of drug-likeness (QED) is 0.726. The van der Waals surface area contributed by atoms with Crippen molar-refractivity contribution in [3.05, 3.63) is 35.4 Å². The fourth-order valence-electron chi connectivity index (χ4n) is 1.54. The molecule has 0 aliphatic rings. The molecule has 0 saturated carbocycles. The second kappa shape index (κ2) is 6.23. The zero-order valence-electron chi connectivity index (χ0n) is 9.20. The van der Waals surface area contributed by atoms with Crippen LogP contribution in [0.3, 0.4) is 0 Å². The number of unbranched alkanes of at least 4 members (excludes halogenated alkanes) is 2. The van der Waals surface area contributed by atoms with Gasteiger partial charge in [-0.05, 0) is 31.7 Å². The number of hydrogen-bond acceptors (Lipinski definition) is 1. The van der Waals surface area contributed by atoms with Gasteiger partial charge < -0.3 is 5.11 Å². The highest BCUT2D eigenvalue weighted by Gasteiger charge is 1.97. The first-order valence-electron chi connectivity index (χ1n) is 5.46. The molecule has 15 heavy (non-hydrogen) atoms. The Morgan fingerprint density at radius 3 is 2.40 bits per heavy atom. The van der Waals surface area contributed by atoms with Gasteiger partial charge in [0.05, 0.1) is 0 Å². The lowest BCUT2D eigenvalue weighted by atomic mass is 10.1. The fraction of sp³-hybridized carbons (Fsp3) is 0.462. The van der Waals surface area contributed by atoms with Gasteiger partial charge >= 0.3 is 5.97 Å². The van der Waals surface area contributed by atoms with E-state index in [0.717, 1.165) is 25.7 Å². The largest absolute Gasteiger partial charge is 0.481 e. The average Bonchev–Trinajstić information content (AvgIpc) is 2.20. The highest BCUT2D eigenvalue weighted by atomic mass is 16.4. The number of carboxylic acids is 1. The lowest BCUT2D eigenvalue weighted by Gasteiger charge is -2.01. The summed E-state index contributed by atoms with van der Waals surface area (Å²) in [6, 6.07) is 8.53. The summed E-state index contributed by atoms with van der Waals surface area (Å²) in [7, 11) is 0. The zero-order chi connectivity index (χ0) is 11.1. The Bertz CT molecular complexity index is 301. The van der Waals surface area contributed by atoms with E-state index >= 15 is 0 Å². The number of aliphatic carboxylic acids is 1. The molecule has 0 saturated heterocycles. The molecule has 0 aliphatic heterocycles. The van der Waals surface area contributed by atoms with Crippen LogP contribution in [-0.4, -0.2) is 11.1 Å². The predicted molar refractivity (Wildman–Crippen MR) is 61.0 cm³/mol. The molecule has 0 spiro atoms. The summed E-state index contributed by atoms with van der Waals surface area (Å²) in [5.74, 6) is -0.690. The van der Waals surface area contributed by atoms with Crippen molar-refractivity contribution in [1.82, 2.24) is 0 Å². The van der Waals surface area contributed by atoms with Crippen molar-refractivity contribution >= 4 is 5.97 Å². The van der Waals surface area contributed by atoms with E-state index in [1.807, 2.05) is 0 Å². The Balaban J connectivity index is 2.15. The van der Waals surface area contributed by atoms with Crippen molar-refractivity contribution in [2.45, 2.75) is 39.0 Å². The molecule has 0 atom stereocenters. The predicted octanol–water partition coefficient (Wildman–Crippen LogP) is 3.18. The van der Waals surface area contributed by atoms with Crippen LogP contribution in [0.5, 0.6) is 0 Å². The van der Waals surface area contributed by atoms with Crippen molar-refractivity contribution in [2.75, 3.05) is 0 Å². The van der Waals surface area contributed by atoms with Gasteiger partial charge in [-0.3, -0.25) is 4.79 Å². The first-order chi connectivity index (χ1) is 7.18. The Labute approximate surface area is 90.9 Å². The van der Waals surface area contributed by atoms with Crippen molar-refractivity contribution in [3.8, 4) is 0 Å². The van der Waals surface area contributed by atoms with Gasteiger partial charge in [0, 0.05) is 6.42 Å². The van der Waals surface area contributed by atoms with Gasteiger partial charge in [0.1, 0.15) is 0 Å². The first kappa shape index (κ1) is 11.8. The molecule has 0 aromatic heterocycles. The molecular formula is C13H18O2. The summed E-state index contributed by atoms with van der Waals surface area (Å²) in [5, 5.41) is 8.46. The molecule has 1 N–H and O–H groups in total. The third-order valence-corrected chi connectivity index (χ3v) is 2.48. The van der Waals surface area contributed by atoms with E-state index in [9.17, 15) is 4.79 Å². The number of carboxylic acid groups (broad SMARTS) is 1. The van der Waals surface area contributed by atoms with E-state index < -0.39 is 5.97 Å². The van der Waals surface area contributed by atoms with E-state index in [2.05, 4.69) is 31.2 Å². The molecule has 2 nitrogen and oxygen atoms in total. The summed E-state index contributed by atoms with van der Waals surface area (Å²) >= 11 is 0. The third-order valence-electron chi connectivity index (χ3n) is 2.48. The van der Waals surface area contributed by atoms with Crippen LogP contribution in [0.4, 0.5) is 0 Å². The van der Waals surface area contributed by atoms with E-state index in [0.29, 0.717) is 6.42 Å². The van der Waals surface area contributed by atoms with Crippen molar-refractivity contribution in [1.29, 1.82) is 0 Å². The van der Waals surface area contributed by atoms with Gasteiger partial charge in [0.2, 0.25) is 0 Å². The molecule has 0 radical (unpaired) electrons. The normalized spacial score (nSPS) is 10.2. The fourth-order valence-corrected chi connectivity index (χ4v) is 1.54. The van der Waals surface area contributed by atoms with E-state index in [1.165, 1.54) is 11.1 Å². The van der Waals surface area contributed by atoms with Gasteiger partial charge in [-0.2, -0.15) is 0 Å². The molecule has 2 heteroatoms. The summed E-state index contributed by atoms with van der Waals surface area (Å²) in [6.45, 7) is 2.08. The first-order valence-corrected chi connectivity index (χ1v) is 5.46. The summed E-state index contributed by atoms with van der Waals surface area (Å²) in [5.41, 5.74) is 2.63. The topological polar surface area (TPSA) is 37.3 Å². The Morgan fingerprint density at radius 2 is 1.80 bits per heavy atom. The second-order valence-corrected chi connectivity index (χ2v) is 3.94. The Hall–Kier alpha value is -1.31. The Morgan fingerprint density at radius 1 is 1.13 bits per heavy atom. The minimum absolute atomic E-state index is 0.300. The van der Waals surface area contributed by atoms with Crippen LogP contribution in [0.2, 0.25) is 0 Å². The van der Waals surface area contributed by atoms with Crippen LogP contribution in [0.15, 0.2) is 24.3 Å². The molecule has 82 valence electrons. The number of aryl methyl sites for hydroxylation is 2. The maximum absolute atomic E-state index is 10.3. The summed E-state index contributed by atoms with van der Waals surface area (Å²) in [6.07, 6.45) is 4.23. The maximum atomic E-state index is 10.3. The molecule has 0 bridgehead atoms. The molecule has 0 heterocycles. The van der Waals surface area contributed by atoms with E-state index in [-0.39, 0.29) is 0 Å². The van der Waals surface area contributed by atoms with Gasteiger partial charge in [-0.1, -0.05) is 36.2 Å². The van der Waals surface area contributed by atoms with Crippen LogP contribution >= 0.6 is 0 Å². The average molecular weight is 206 g/mol. The number of benzene rings is 1. The third kappa shape index (κ3) is 5.21. The SMILES string of the molecule is Cc1ccc(CCCCCC(=O)O)cc1. The maximum Gasteiger partial charge on any atom is 0.303 e. The van der Waals surface area contributed by atoms with Crippen LogP contribution in [0.25, 0.3) is 0 Å². The van der Waals surface area contributed by atoms with E-state index in [1.54, 1.807) is 0 Å². The highest BCUT2D eigenvalue weighted by molar-refractivity contribution is 5.66. The van der Waals surface area contributed by atoms with E-state index in [4.69, 9.17) is 5.11 Å². The van der Waals surface area contributed by atoms with Crippen LogP contribution < -0.4 is 0 Å². The number of rotatable bonds is 6. The monoisotopic (exact) mass is 206 g/mol. The zero-order valence-corrected chi connectivity index (χ0v) is 9.20. The standard InChI is InChI=1S/C13H18O2/c1-11-7-9-12(10-8-11)5-3-2-4-6-13(14)15/h7-10H,2-6H2,1H3,(H,14,15). The molecule has 0 amide bonds.